The summed E-state index contributed by atoms with van der Waals surface area (Å²) in [5.41, 5.74) is 5.75. The molecule has 2 unspecified atom stereocenters. The fourth-order valence-corrected chi connectivity index (χ4v) is 3.98. The molecule has 20 heavy (non-hydrogen) atoms. The van der Waals surface area contributed by atoms with Gasteiger partial charge in [-0.15, -0.1) is 0 Å². The van der Waals surface area contributed by atoms with Crippen molar-refractivity contribution in [3.63, 3.8) is 0 Å². The lowest BCUT2D eigenvalue weighted by Gasteiger charge is -2.30. The number of nitrogens with two attached hydrogens (primary N) is 1. The Balaban J connectivity index is 1.67. The van der Waals surface area contributed by atoms with E-state index in [-0.39, 0.29) is 5.92 Å². The molecule has 0 radical (unpaired) electrons. The minimum absolute atomic E-state index is 0.226. The van der Waals surface area contributed by atoms with E-state index >= 15 is 0 Å². The van der Waals surface area contributed by atoms with E-state index in [1.807, 2.05) is 0 Å². The molecule has 3 nitrogen and oxygen atoms in total. The molecule has 2 saturated carbocycles. The van der Waals surface area contributed by atoms with Crippen LogP contribution in [-0.4, -0.2) is 19.0 Å². The minimum atomic E-state index is 0.226. The van der Waals surface area contributed by atoms with Crippen LogP contribution in [-0.2, 0) is 4.79 Å². The number of carbonyl (C=O) groups excluding carboxylic acids is 1. The van der Waals surface area contributed by atoms with E-state index in [4.69, 9.17) is 5.73 Å². The zero-order chi connectivity index (χ0) is 14.4. The average Bonchev–Trinajstić information content (AvgIpc) is 2.53. The topological polar surface area (TPSA) is 55.1 Å². The van der Waals surface area contributed by atoms with Crippen LogP contribution in [0.4, 0.5) is 0 Å². The minimum Gasteiger partial charge on any atom is -0.356 e. The summed E-state index contributed by atoms with van der Waals surface area (Å²) < 4.78 is 0. The van der Waals surface area contributed by atoms with Crippen molar-refractivity contribution in [3.05, 3.63) is 0 Å². The van der Waals surface area contributed by atoms with Crippen LogP contribution >= 0.6 is 0 Å². The second kappa shape index (κ2) is 8.02. The van der Waals surface area contributed by atoms with Gasteiger partial charge in [-0.3, -0.25) is 4.79 Å². The van der Waals surface area contributed by atoms with Crippen LogP contribution in [0.3, 0.4) is 0 Å². The number of amides is 1. The molecule has 2 aliphatic carbocycles. The van der Waals surface area contributed by atoms with Crippen molar-refractivity contribution in [2.45, 2.75) is 64.7 Å². The van der Waals surface area contributed by atoms with E-state index in [9.17, 15) is 4.79 Å². The Hall–Kier alpha value is -0.570. The van der Waals surface area contributed by atoms with Gasteiger partial charge in [-0.2, -0.15) is 0 Å². The highest BCUT2D eigenvalue weighted by atomic mass is 16.1. The number of carbonyl (C=O) groups is 1. The Labute approximate surface area is 124 Å². The molecule has 0 aromatic rings. The van der Waals surface area contributed by atoms with E-state index in [0.717, 1.165) is 37.8 Å². The third-order valence-electron chi connectivity index (χ3n) is 5.60. The number of nitrogens with one attached hydrogen (secondary N) is 1. The number of hydrogen-bond donors (Lipinski definition) is 2. The number of hydrogen-bond acceptors (Lipinski definition) is 2. The van der Waals surface area contributed by atoms with Crippen molar-refractivity contribution in [2.75, 3.05) is 13.1 Å². The Bertz CT molecular complexity index is 297. The van der Waals surface area contributed by atoms with E-state index in [0.29, 0.717) is 11.8 Å². The molecule has 2 rings (SSSR count). The first kappa shape index (κ1) is 15.8. The van der Waals surface area contributed by atoms with Crippen LogP contribution in [0.15, 0.2) is 0 Å². The van der Waals surface area contributed by atoms with E-state index in [1.165, 1.54) is 44.9 Å². The largest absolute Gasteiger partial charge is 0.356 e. The Morgan fingerprint density at radius 1 is 1.05 bits per heavy atom. The monoisotopic (exact) mass is 280 g/mol. The fraction of sp³-hybridized carbons (Fsp3) is 0.941. The van der Waals surface area contributed by atoms with Crippen molar-refractivity contribution in [2.24, 2.45) is 29.4 Å². The molecule has 3 heteroatoms. The number of rotatable bonds is 5. The molecule has 0 aromatic carbocycles. The highest BCUT2D eigenvalue weighted by molar-refractivity contribution is 5.78. The maximum Gasteiger partial charge on any atom is 0.223 e. The molecule has 0 heterocycles. The lowest BCUT2D eigenvalue weighted by atomic mass is 9.80. The summed E-state index contributed by atoms with van der Waals surface area (Å²) in [7, 11) is 0. The molecule has 0 spiro atoms. The SMILES string of the molecule is CCC1CCC(CNC(=O)C2CCCC(CN)C2)CC1. The summed E-state index contributed by atoms with van der Waals surface area (Å²) in [4.78, 5) is 12.3. The van der Waals surface area contributed by atoms with Crippen molar-refractivity contribution in [3.8, 4) is 0 Å². The summed E-state index contributed by atoms with van der Waals surface area (Å²) in [6, 6.07) is 0. The van der Waals surface area contributed by atoms with Crippen LogP contribution in [0, 0.1) is 23.7 Å². The molecule has 116 valence electrons. The van der Waals surface area contributed by atoms with Crippen molar-refractivity contribution >= 4 is 5.91 Å². The molecule has 1 amide bonds. The standard InChI is InChI=1S/C17H32N2O/c1-2-13-6-8-14(9-7-13)12-19-17(20)16-5-3-4-15(10-16)11-18/h13-16H,2-12,18H2,1H3,(H,19,20). The van der Waals surface area contributed by atoms with E-state index in [2.05, 4.69) is 12.2 Å². The lowest BCUT2D eigenvalue weighted by Crippen LogP contribution is -2.38. The predicted octanol–water partition coefficient (Wildman–Crippen LogP) is 3.08. The molecular weight excluding hydrogens is 248 g/mol. The van der Waals surface area contributed by atoms with Crippen LogP contribution in [0.5, 0.6) is 0 Å². The highest BCUT2D eigenvalue weighted by Crippen LogP contribution is 2.31. The zero-order valence-corrected chi connectivity index (χ0v) is 13.1. The molecule has 0 saturated heterocycles. The Morgan fingerprint density at radius 3 is 2.40 bits per heavy atom. The van der Waals surface area contributed by atoms with Gasteiger partial charge in [0, 0.05) is 12.5 Å². The van der Waals surface area contributed by atoms with Crippen LogP contribution in [0.2, 0.25) is 0 Å². The fourth-order valence-electron chi connectivity index (χ4n) is 3.98. The van der Waals surface area contributed by atoms with Crippen molar-refractivity contribution in [1.82, 2.24) is 5.32 Å². The quantitative estimate of drug-likeness (QED) is 0.813. The summed E-state index contributed by atoms with van der Waals surface area (Å²) in [5, 5.41) is 3.22. The molecule has 0 aliphatic heterocycles. The first-order valence-corrected chi connectivity index (χ1v) is 8.70. The first-order valence-electron chi connectivity index (χ1n) is 8.70. The van der Waals surface area contributed by atoms with Gasteiger partial charge in [0.2, 0.25) is 5.91 Å². The third kappa shape index (κ3) is 4.47. The van der Waals surface area contributed by atoms with Crippen molar-refractivity contribution in [1.29, 1.82) is 0 Å². The maximum absolute atomic E-state index is 12.3. The molecule has 2 fully saturated rings. The van der Waals surface area contributed by atoms with Crippen LogP contribution in [0.25, 0.3) is 0 Å². The Morgan fingerprint density at radius 2 is 1.75 bits per heavy atom. The van der Waals surface area contributed by atoms with Gasteiger partial charge >= 0.3 is 0 Å². The van der Waals surface area contributed by atoms with Gasteiger partial charge in [0.25, 0.3) is 0 Å². The third-order valence-corrected chi connectivity index (χ3v) is 5.60. The highest BCUT2D eigenvalue weighted by Gasteiger charge is 2.27. The first-order chi connectivity index (χ1) is 9.72. The maximum atomic E-state index is 12.3. The predicted molar refractivity (Wildman–Crippen MR) is 83.3 cm³/mol. The van der Waals surface area contributed by atoms with Gasteiger partial charge in [-0.25, -0.2) is 0 Å². The zero-order valence-electron chi connectivity index (χ0n) is 13.1. The molecule has 0 bridgehead atoms. The molecule has 3 N–H and O–H groups in total. The van der Waals surface area contributed by atoms with Gasteiger partial charge in [0.05, 0.1) is 0 Å². The smallest absolute Gasteiger partial charge is 0.223 e. The summed E-state index contributed by atoms with van der Waals surface area (Å²) in [5.74, 6) is 2.74. The van der Waals surface area contributed by atoms with Crippen molar-refractivity contribution < 1.29 is 4.79 Å². The van der Waals surface area contributed by atoms with Crippen LogP contribution < -0.4 is 11.1 Å². The molecule has 2 atom stereocenters. The molecule has 2 aliphatic rings. The summed E-state index contributed by atoms with van der Waals surface area (Å²) in [6.45, 7) is 3.94. The normalized spacial score (nSPS) is 34.7. The molecule has 0 aromatic heterocycles. The van der Waals surface area contributed by atoms with Gasteiger partial charge in [-0.05, 0) is 56.4 Å². The lowest BCUT2D eigenvalue weighted by molar-refractivity contribution is -0.126. The van der Waals surface area contributed by atoms with Gasteiger partial charge in [-0.1, -0.05) is 32.6 Å². The molecular formula is C17H32N2O. The van der Waals surface area contributed by atoms with E-state index < -0.39 is 0 Å². The second-order valence-corrected chi connectivity index (χ2v) is 7.01. The van der Waals surface area contributed by atoms with Gasteiger partial charge in [0.15, 0.2) is 0 Å². The van der Waals surface area contributed by atoms with Gasteiger partial charge in [0.1, 0.15) is 0 Å². The van der Waals surface area contributed by atoms with Gasteiger partial charge < -0.3 is 11.1 Å². The average molecular weight is 280 g/mol. The summed E-state index contributed by atoms with van der Waals surface area (Å²) >= 11 is 0. The van der Waals surface area contributed by atoms with Crippen LogP contribution in [0.1, 0.15) is 64.7 Å². The van der Waals surface area contributed by atoms with E-state index in [1.54, 1.807) is 0 Å². The second-order valence-electron chi connectivity index (χ2n) is 7.01. The summed E-state index contributed by atoms with van der Waals surface area (Å²) in [6.07, 6.45) is 11.1. The Kier molecular flexibility index (Phi) is 6.34.